The monoisotopic (exact) mass is 478 g/mol. The normalized spacial score (nSPS) is 16.9. The van der Waals surface area contributed by atoms with Crippen LogP contribution in [0.4, 0.5) is 4.39 Å². The lowest BCUT2D eigenvalue weighted by Gasteiger charge is -2.37. The van der Waals surface area contributed by atoms with Crippen molar-refractivity contribution in [2.24, 2.45) is 10.9 Å². The maximum absolute atomic E-state index is 13.2. The van der Waals surface area contributed by atoms with Crippen LogP contribution in [0.2, 0.25) is 0 Å². The Morgan fingerprint density at radius 3 is 2.62 bits per heavy atom. The maximum atomic E-state index is 13.2. The van der Waals surface area contributed by atoms with Gasteiger partial charge in [-0.05, 0) is 30.0 Å². The smallest absolute Gasteiger partial charge is 0.191 e. The van der Waals surface area contributed by atoms with E-state index < -0.39 is 0 Å². The molecule has 0 aliphatic carbocycles. The number of guanidine groups is 1. The third kappa shape index (κ3) is 7.75. The van der Waals surface area contributed by atoms with Gasteiger partial charge in [0, 0.05) is 39.3 Å². The van der Waals surface area contributed by atoms with Crippen molar-refractivity contribution >= 4 is 29.9 Å². The van der Waals surface area contributed by atoms with Gasteiger partial charge in [-0.3, -0.25) is 9.89 Å². The fourth-order valence-corrected chi connectivity index (χ4v) is 3.14. The molecule has 1 fully saturated rings. The number of halogens is 2. The van der Waals surface area contributed by atoms with Gasteiger partial charge < -0.3 is 15.4 Å². The van der Waals surface area contributed by atoms with Crippen LogP contribution in [0.25, 0.3) is 0 Å². The highest BCUT2D eigenvalue weighted by Crippen LogP contribution is 2.12. The summed E-state index contributed by atoms with van der Waals surface area (Å²) in [6, 6.07) is 7.17. The van der Waals surface area contributed by atoms with Crippen molar-refractivity contribution in [3.63, 3.8) is 0 Å². The summed E-state index contributed by atoms with van der Waals surface area (Å²) in [5.41, 5.74) is 0.983. The number of morpholine rings is 1. The minimum atomic E-state index is -0.190. The number of hydrogen-bond acceptors (Lipinski definition) is 3. The topological polar surface area (TPSA) is 48.9 Å². The zero-order chi connectivity index (χ0) is 18.1. The second-order valence-corrected chi connectivity index (χ2v) is 6.72. The molecule has 1 heterocycles. The van der Waals surface area contributed by atoms with Crippen LogP contribution in [0.1, 0.15) is 19.4 Å². The third-order valence-corrected chi connectivity index (χ3v) is 4.58. The number of nitrogens with one attached hydrogen (secondary N) is 2. The van der Waals surface area contributed by atoms with Crippen LogP contribution >= 0.6 is 24.0 Å². The van der Waals surface area contributed by atoms with E-state index in [1.165, 1.54) is 6.07 Å². The van der Waals surface area contributed by atoms with Crippen molar-refractivity contribution < 1.29 is 9.13 Å². The van der Waals surface area contributed by atoms with E-state index in [0.29, 0.717) is 18.5 Å². The average molecular weight is 478 g/mol. The predicted octanol–water partition coefficient (Wildman–Crippen LogP) is 2.51. The van der Waals surface area contributed by atoms with Gasteiger partial charge in [-0.2, -0.15) is 0 Å². The lowest BCUT2D eigenvalue weighted by molar-refractivity contribution is 0.00752. The first-order valence-electron chi connectivity index (χ1n) is 9.11. The fourth-order valence-electron chi connectivity index (χ4n) is 3.14. The molecule has 148 valence electrons. The van der Waals surface area contributed by atoms with E-state index >= 15 is 0 Å². The Balaban J connectivity index is 0.00000338. The van der Waals surface area contributed by atoms with Crippen LogP contribution in [0, 0.1) is 11.7 Å². The van der Waals surface area contributed by atoms with Gasteiger partial charge in [0.2, 0.25) is 0 Å². The van der Waals surface area contributed by atoms with Crippen LogP contribution in [0.15, 0.2) is 29.3 Å². The molecule has 1 aliphatic heterocycles. The molecule has 0 bridgehead atoms. The second-order valence-electron chi connectivity index (χ2n) is 6.72. The standard InChI is InChI=1S/C19H31FN4O.HI/c1-15(2)18(24-9-11-25-12-10-24)14-23-19(21-3)22-8-7-16-5-4-6-17(20)13-16;/h4-6,13,15,18H,7-12,14H2,1-3H3,(H2,21,22,23);1H. The van der Waals surface area contributed by atoms with E-state index in [1.54, 1.807) is 19.2 Å². The molecule has 1 aromatic rings. The first-order chi connectivity index (χ1) is 12.1. The Hall–Kier alpha value is -0.930. The molecular weight excluding hydrogens is 446 g/mol. The van der Waals surface area contributed by atoms with Gasteiger partial charge >= 0.3 is 0 Å². The van der Waals surface area contributed by atoms with Gasteiger partial charge in [-0.25, -0.2) is 4.39 Å². The number of ether oxygens (including phenoxy) is 1. The van der Waals surface area contributed by atoms with Crippen molar-refractivity contribution in [3.8, 4) is 0 Å². The van der Waals surface area contributed by atoms with Gasteiger partial charge in [-0.1, -0.05) is 26.0 Å². The molecule has 0 spiro atoms. The molecule has 7 heteroatoms. The van der Waals surface area contributed by atoms with Crippen molar-refractivity contribution in [3.05, 3.63) is 35.6 Å². The first-order valence-corrected chi connectivity index (χ1v) is 9.11. The Bertz CT molecular complexity index is 550. The van der Waals surface area contributed by atoms with E-state index in [2.05, 4.69) is 34.4 Å². The molecule has 0 saturated carbocycles. The summed E-state index contributed by atoms with van der Waals surface area (Å²) in [6.07, 6.45) is 0.759. The predicted molar refractivity (Wildman–Crippen MR) is 116 cm³/mol. The van der Waals surface area contributed by atoms with E-state index in [0.717, 1.165) is 50.8 Å². The summed E-state index contributed by atoms with van der Waals surface area (Å²) in [5.74, 6) is 1.15. The van der Waals surface area contributed by atoms with Crippen LogP contribution in [0.5, 0.6) is 0 Å². The molecular formula is C19H32FIN4O. The molecule has 0 radical (unpaired) electrons. The molecule has 1 unspecified atom stereocenters. The SMILES string of the molecule is CN=C(NCCc1cccc(F)c1)NCC(C(C)C)N1CCOCC1.I. The molecule has 1 aromatic carbocycles. The van der Waals surface area contributed by atoms with Gasteiger partial charge in [-0.15, -0.1) is 24.0 Å². The molecule has 5 nitrogen and oxygen atoms in total. The Kier molecular flexibility index (Phi) is 11.1. The van der Waals surface area contributed by atoms with Crippen molar-refractivity contribution in [2.75, 3.05) is 46.4 Å². The molecule has 2 N–H and O–H groups in total. The summed E-state index contributed by atoms with van der Waals surface area (Å²) >= 11 is 0. The summed E-state index contributed by atoms with van der Waals surface area (Å²) in [4.78, 5) is 6.78. The lowest BCUT2D eigenvalue weighted by atomic mass is 10.0. The van der Waals surface area contributed by atoms with E-state index in [4.69, 9.17) is 4.74 Å². The maximum Gasteiger partial charge on any atom is 0.191 e. The highest BCUT2D eigenvalue weighted by molar-refractivity contribution is 14.0. The Morgan fingerprint density at radius 1 is 1.27 bits per heavy atom. The van der Waals surface area contributed by atoms with Crippen LogP contribution < -0.4 is 10.6 Å². The number of aliphatic imine (C=N–C) groups is 1. The molecule has 0 amide bonds. The van der Waals surface area contributed by atoms with Crippen molar-refractivity contribution in [1.82, 2.24) is 15.5 Å². The average Bonchev–Trinajstić information content (AvgIpc) is 2.61. The minimum Gasteiger partial charge on any atom is -0.379 e. The van der Waals surface area contributed by atoms with E-state index in [1.807, 2.05) is 6.07 Å². The van der Waals surface area contributed by atoms with Gasteiger partial charge in [0.05, 0.1) is 13.2 Å². The molecule has 2 rings (SSSR count). The molecule has 1 aliphatic rings. The van der Waals surface area contributed by atoms with Crippen LogP contribution in [0.3, 0.4) is 0 Å². The zero-order valence-electron chi connectivity index (χ0n) is 16.0. The van der Waals surface area contributed by atoms with E-state index in [-0.39, 0.29) is 29.8 Å². The molecule has 0 aromatic heterocycles. The van der Waals surface area contributed by atoms with Crippen LogP contribution in [-0.4, -0.2) is 63.3 Å². The second kappa shape index (κ2) is 12.5. The molecule has 1 saturated heterocycles. The highest BCUT2D eigenvalue weighted by atomic mass is 127. The largest absolute Gasteiger partial charge is 0.379 e. The van der Waals surface area contributed by atoms with E-state index in [9.17, 15) is 4.39 Å². The Labute approximate surface area is 173 Å². The number of nitrogens with zero attached hydrogens (tertiary/aromatic N) is 2. The highest BCUT2D eigenvalue weighted by Gasteiger charge is 2.23. The quantitative estimate of drug-likeness (QED) is 0.359. The van der Waals surface area contributed by atoms with Crippen LogP contribution in [-0.2, 0) is 11.2 Å². The fraction of sp³-hybridized carbons (Fsp3) is 0.632. The molecule has 26 heavy (non-hydrogen) atoms. The Morgan fingerprint density at radius 2 is 2.00 bits per heavy atom. The summed E-state index contributed by atoms with van der Waals surface area (Å²) in [7, 11) is 1.77. The lowest BCUT2D eigenvalue weighted by Crippen LogP contribution is -2.52. The summed E-state index contributed by atoms with van der Waals surface area (Å²) in [6.45, 7) is 9.65. The molecule has 1 atom stereocenters. The van der Waals surface area contributed by atoms with Crippen molar-refractivity contribution in [1.29, 1.82) is 0 Å². The first kappa shape index (κ1) is 23.1. The third-order valence-electron chi connectivity index (χ3n) is 4.58. The number of rotatable bonds is 7. The number of benzene rings is 1. The minimum absolute atomic E-state index is 0. The van der Waals surface area contributed by atoms with Crippen molar-refractivity contribution in [2.45, 2.75) is 26.3 Å². The zero-order valence-corrected chi connectivity index (χ0v) is 18.3. The number of hydrogen-bond donors (Lipinski definition) is 2. The summed E-state index contributed by atoms with van der Waals surface area (Å²) in [5, 5.41) is 6.74. The van der Waals surface area contributed by atoms with Gasteiger partial charge in [0.1, 0.15) is 5.82 Å². The van der Waals surface area contributed by atoms with Gasteiger partial charge in [0.25, 0.3) is 0 Å². The van der Waals surface area contributed by atoms with Gasteiger partial charge in [0.15, 0.2) is 5.96 Å². The summed E-state index contributed by atoms with van der Waals surface area (Å²) < 4.78 is 18.7.